The summed E-state index contributed by atoms with van der Waals surface area (Å²) >= 11 is 0. The van der Waals surface area contributed by atoms with Gasteiger partial charge < -0.3 is 15.0 Å². The number of fused-ring (bicyclic) bond motifs is 1. The van der Waals surface area contributed by atoms with E-state index in [1.807, 2.05) is 78.9 Å². The van der Waals surface area contributed by atoms with Crippen molar-refractivity contribution in [3.8, 4) is 0 Å². The molecule has 0 aliphatic carbocycles. The minimum absolute atomic E-state index is 0.206. The largest absolute Gasteiger partial charge is 0.467 e. The van der Waals surface area contributed by atoms with Gasteiger partial charge in [-0.05, 0) is 22.8 Å². The molecule has 6 heteroatoms. The predicted molar refractivity (Wildman–Crippen MR) is 120 cm³/mol. The lowest BCUT2D eigenvalue weighted by Gasteiger charge is -2.29. The lowest BCUT2D eigenvalue weighted by Crippen LogP contribution is -2.48. The summed E-state index contributed by atoms with van der Waals surface area (Å²) in [6.07, 6.45) is 0.287. The number of hydrogen-bond acceptors (Lipinski definition) is 4. The highest BCUT2D eigenvalue weighted by molar-refractivity contribution is 6.01. The van der Waals surface area contributed by atoms with Crippen molar-refractivity contribution >= 4 is 17.8 Å². The Bertz CT molecular complexity index is 1110. The van der Waals surface area contributed by atoms with E-state index >= 15 is 0 Å². The fourth-order valence-electron chi connectivity index (χ4n) is 4.03. The van der Waals surface area contributed by atoms with Crippen LogP contribution in [0.5, 0.6) is 0 Å². The van der Waals surface area contributed by atoms with E-state index in [4.69, 9.17) is 4.74 Å². The molecule has 4 rings (SSSR count). The second-order valence-electron chi connectivity index (χ2n) is 7.68. The normalized spacial score (nSPS) is 14.4. The van der Waals surface area contributed by atoms with Crippen molar-refractivity contribution in [2.24, 2.45) is 0 Å². The fourth-order valence-corrected chi connectivity index (χ4v) is 4.03. The second kappa shape index (κ2) is 9.47. The molecular weight excluding hydrogens is 404 g/mol. The van der Waals surface area contributed by atoms with Crippen molar-refractivity contribution < 1.29 is 19.1 Å². The molecule has 0 spiro atoms. The average molecular weight is 428 g/mol. The smallest absolute Gasteiger partial charge is 0.328 e. The van der Waals surface area contributed by atoms with Crippen LogP contribution in [0, 0.1) is 0 Å². The third-order valence-electron chi connectivity index (χ3n) is 5.61. The Morgan fingerprint density at radius 2 is 1.56 bits per heavy atom. The van der Waals surface area contributed by atoms with Gasteiger partial charge in [0.2, 0.25) is 5.91 Å². The van der Waals surface area contributed by atoms with Gasteiger partial charge in [0.1, 0.15) is 12.1 Å². The van der Waals surface area contributed by atoms with E-state index in [0.717, 1.165) is 11.1 Å². The summed E-state index contributed by atoms with van der Waals surface area (Å²) in [6.45, 7) is 0.323. The molecule has 2 amide bonds. The maximum absolute atomic E-state index is 13.5. The monoisotopic (exact) mass is 428 g/mol. The fraction of sp³-hybridized carbons (Fsp3) is 0.192. The number of methoxy groups -OCH3 is 1. The highest BCUT2D eigenvalue weighted by atomic mass is 16.5. The van der Waals surface area contributed by atoms with Gasteiger partial charge in [0, 0.05) is 18.5 Å². The first-order valence-electron chi connectivity index (χ1n) is 10.4. The van der Waals surface area contributed by atoms with Gasteiger partial charge in [-0.1, -0.05) is 78.9 Å². The summed E-state index contributed by atoms with van der Waals surface area (Å²) in [5.41, 5.74) is 3.04. The van der Waals surface area contributed by atoms with Crippen LogP contribution < -0.4 is 5.32 Å². The zero-order valence-electron chi connectivity index (χ0n) is 17.7. The molecule has 0 fully saturated rings. The third-order valence-corrected chi connectivity index (χ3v) is 5.61. The molecule has 0 bridgehead atoms. The Labute approximate surface area is 186 Å². The first-order valence-corrected chi connectivity index (χ1v) is 10.4. The Kier molecular flexibility index (Phi) is 6.31. The topological polar surface area (TPSA) is 75.7 Å². The summed E-state index contributed by atoms with van der Waals surface area (Å²) in [6, 6.07) is 24.1. The molecule has 6 nitrogen and oxygen atoms in total. The Balaban J connectivity index is 1.63. The van der Waals surface area contributed by atoms with Crippen LogP contribution in [0.25, 0.3) is 0 Å². The minimum Gasteiger partial charge on any atom is -0.467 e. The molecule has 2 atom stereocenters. The number of amides is 2. The Hall–Kier alpha value is -3.93. The number of benzene rings is 3. The molecular formula is C26H24N2O4. The zero-order valence-corrected chi connectivity index (χ0v) is 17.7. The first-order chi connectivity index (χ1) is 15.6. The van der Waals surface area contributed by atoms with Crippen molar-refractivity contribution in [3.63, 3.8) is 0 Å². The molecule has 0 radical (unpaired) electrons. The van der Waals surface area contributed by atoms with Gasteiger partial charge in [0.05, 0.1) is 7.11 Å². The van der Waals surface area contributed by atoms with Gasteiger partial charge in [0.25, 0.3) is 5.91 Å². The van der Waals surface area contributed by atoms with Crippen LogP contribution in [0.3, 0.4) is 0 Å². The molecule has 1 N–H and O–H groups in total. The highest BCUT2D eigenvalue weighted by Crippen LogP contribution is 2.31. The maximum atomic E-state index is 13.5. The maximum Gasteiger partial charge on any atom is 0.328 e. The van der Waals surface area contributed by atoms with Crippen molar-refractivity contribution in [2.45, 2.75) is 25.0 Å². The quantitative estimate of drug-likeness (QED) is 0.586. The molecule has 1 heterocycles. The van der Waals surface area contributed by atoms with Gasteiger partial charge in [-0.25, -0.2) is 4.79 Å². The Morgan fingerprint density at radius 1 is 0.938 bits per heavy atom. The lowest BCUT2D eigenvalue weighted by molar-refractivity contribution is -0.145. The van der Waals surface area contributed by atoms with Gasteiger partial charge in [0.15, 0.2) is 0 Å². The van der Waals surface area contributed by atoms with Gasteiger partial charge >= 0.3 is 5.97 Å². The van der Waals surface area contributed by atoms with Crippen LogP contribution in [0.2, 0.25) is 0 Å². The molecule has 162 valence electrons. The second-order valence-corrected chi connectivity index (χ2v) is 7.68. The number of carbonyl (C=O) groups is 3. The standard InChI is InChI=1S/C26H24N2O4/c1-32-26(31)22(16-18-10-4-2-5-11-18)27-24(29)23(19-12-6-3-7-13-19)28-17-20-14-8-9-15-21(20)25(28)30/h2-15,22-23H,16-17H2,1H3,(H,27,29)/t22-,23+/m1/s1. The minimum atomic E-state index is -0.876. The van der Waals surface area contributed by atoms with E-state index in [1.165, 1.54) is 7.11 Å². The molecule has 3 aromatic rings. The molecule has 1 aliphatic rings. The number of carbonyl (C=O) groups excluding carboxylic acids is 3. The van der Waals surface area contributed by atoms with Crippen molar-refractivity contribution in [3.05, 3.63) is 107 Å². The van der Waals surface area contributed by atoms with E-state index < -0.39 is 24.0 Å². The molecule has 32 heavy (non-hydrogen) atoms. The zero-order chi connectivity index (χ0) is 22.5. The van der Waals surface area contributed by atoms with Crippen LogP contribution in [-0.2, 0) is 27.3 Å². The number of esters is 1. The summed E-state index contributed by atoms with van der Waals surface area (Å²) < 4.78 is 4.93. The molecule has 0 saturated carbocycles. The summed E-state index contributed by atoms with van der Waals surface area (Å²) in [7, 11) is 1.29. The molecule has 0 unspecified atom stereocenters. The van der Waals surface area contributed by atoms with Crippen molar-refractivity contribution in [1.82, 2.24) is 10.2 Å². The highest BCUT2D eigenvalue weighted by Gasteiger charge is 2.38. The third kappa shape index (κ3) is 4.39. The van der Waals surface area contributed by atoms with Gasteiger partial charge in [-0.15, -0.1) is 0 Å². The van der Waals surface area contributed by atoms with Crippen LogP contribution >= 0.6 is 0 Å². The SMILES string of the molecule is COC(=O)[C@@H](Cc1ccccc1)NC(=O)[C@H](c1ccccc1)N1Cc2ccccc2C1=O. The molecule has 3 aromatic carbocycles. The molecule has 1 aliphatic heterocycles. The van der Waals surface area contributed by atoms with E-state index in [1.54, 1.807) is 11.0 Å². The van der Waals surface area contributed by atoms with Gasteiger partial charge in [-0.2, -0.15) is 0 Å². The number of hydrogen-bond donors (Lipinski definition) is 1. The summed E-state index contributed by atoms with van der Waals surface area (Å²) in [5, 5.41) is 2.83. The van der Waals surface area contributed by atoms with E-state index in [2.05, 4.69) is 5.32 Å². The van der Waals surface area contributed by atoms with Crippen molar-refractivity contribution in [1.29, 1.82) is 0 Å². The number of nitrogens with zero attached hydrogens (tertiary/aromatic N) is 1. The van der Waals surface area contributed by atoms with E-state index in [0.29, 0.717) is 17.7 Å². The predicted octanol–water partition coefficient (Wildman–Crippen LogP) is 3.28. The number of rotatable bonds is 7. The molecule has 0 saturated heterocycles. The van der Waals surface area contributed by atoms with Crippen LogP contribution in [0.4, 0.5) is 0 Å². The van der Waals surface area contributed by atoms with E-state index in [9.17, 15) is 14.4 Å². The van der Waals surface area contributed by atoms with Crippen molar-refractivity contribution in [2.75, 3.05) is 7.11 Å². The summed E-state index contributed by atoms with van der Waals surface area (Å²) in [4.78, 5) is 40.7. The van der Waals surface area contributed by atoms with E-state index in [-0.39, 0.29) is 12.3 Å². The lowest BCUT2D eigenvalue weighted by atomic mass is 10.0. The summed E-state index contributed by atoms with van der Waals surface area (Å²) in [5.74, 6) is -1.17. The first kappa shape index (κ1) is 21.3. The Morgan fingerprint density at radius 3 is 2.22 bits per heavy atom. The number of nitrogens with one attached hydrogen (secondary N) is 1. The van der Waals surface area contributed by atoms with Crippen LogP contribution in [-0.4, -0.2) is 35.8 Å². The average Bonchev–Trinajstić information content (AvgIpc) is 3.16. The molecule has 0 aromatic heterocycles. The van der Waals surface area contributed by atoms with Gasteiger partial charge in [-0.3, -0.25) is 9.59 Å². The van der Waals surface area contributed by atoms with Crippen LogP contribution in [0.15, 0.2) is 84.9 Å². The number of ether oxygens (including phenoxy) is 1. The van der Waals surface area contributed by atoms with Crippen LogP contribution in [0.1, 0.15) is 33.1 Å².